The number of aryl methyl sites for hydroxylation is 1. The van der Waals surface area contributed by atoms with Crippen molar-refractivity contribution in [1.29, 1.82) is 0 Å². The van der Waals surface area contributed by atoms with Gasteiger partial charge in [-0.15, -0.1) is 0 Å². The highest BCUT2D eigenvalue weighted by Gasteiger charge is 2.28. The van der Waals surface area contributed by atoms with Crippen LogP contribution in [0.2, 0.25) is 0 Å². The third-order valence-electron chi connectivity index (χ3n) is 4.51. The average molecular weight is 305 g/mol. The van der Waals surface area contributed by atoms with Gasteiger partial charge >= 0.3 is 0 Å². The van der Waals surface area contributed by atoms with E-state index in [4.69, 9.17) is 0 Å². The van der Waals surface area contributed by atoms with Crippen LogP contribution in [-0.2, 0) is 6.42 Å². The Kier molecular flexibility index (Phi) is 5.06. The first-order valence-electron chi connectivity index (χ1n) is 8.12. The van der Waals surface area contributed by atoms with Crippen LogP contribution in [0.25, 0.3) is 0 Å². The van der Waals surface area contributed by atoms with Gasteiger partial charge in [-0.3, -0.25) is 14.5 Å². The molecule has 5 nitrogen and oxygen atoms in total. The Morgan fingerprint density at radius 1 is 1.41 bits per heavy atom. The molecule has 0 aromatic carbocycles. The van der Waals surface area contributed by atoms with Crippen molar-refractivity contribution in [3.8, 4) is 0 Å². The van der Waals surface area contributed by atoms with Gasteiger partial charge in [0, 0.05) is 36.4 Å². The maximum absolute atomic E-state index is 12.6. The molecule has 2 heterocycles. The summed E-state index contributed by atoms with van der Waals surface area (Å²) >= 11 is 0. The summed E-state index contributed by atoms with van der Waals surface area (Å²) in [6.07, 6.45) is 1.65. The fraction of sp³-hybridized carbons (Fsp3) is 0.647. The minimum Gasteiger partial charge on any atom is -0.354 e. The molecule has 1 aliphatic heterocycles. The minimum atomic E-state index is -0.0944. The van der Waals surface area contributed by atoms with Crippen LogP contribution in [0.5, 0.6) is 0 Å². The van der Waals surface area contributed by atoms with Crippen LogP contribution in [0.4, 0.5) is 0 Å². The fourth-order valence-corrected chi connectivity index (χ4v) is 3.33. The van der Waals surface area contributed by atoms with E-state index < -0.39 is 0 Å². The number of nitrogens with one attached hydrogen (secondary N) is 2. The lowest BCUT2D eigenvalue weighted by Gasteiger charge is -2.20. The highest BCUT2D eigenvalue weighted by molar-refractivity contribution is 6.02. The highest BCUT2D eigenvalue weighted by Crippen LogP contribution is 2.21. The number of carbonyl (C=O) groups is 2. The van der Waals surface area contributed by atoms with E-state index in [9.17, 15) is 9.59 Å². The van der Waals surface area contributed by atoms with E-state index in [-0.39, 0.29) is 17.7 Å². The molecular formula is C17H27N3O2. The maximum Gasteiger partial charge on any atom is 0.268 e. The monoisotopic (exact) mass is 305 g/mol. The molecule has 1 aromatic heterocycles. The van der Waals surface area contributed by atoms with Gasteiger partial charge in [-0.1, -0.05) is 6.92 Å². The number of carbonyl (C=O) groups excluding carboxylic acids is 2. The van der Waals surface area contributed by atoms with E-state index >= 15 is 0 Å². The summed E-state index contributed by atoms with van der Waals surface area (Å²) in [5, 5.41) is 3.11. The summed E-state index contributed by atoms with van der Waals surface area (Å²) in [5.74, 6) is -0.0837. The largest absolute Gasteiger partial charge is 0.354 e. The van der Waals surface area contributed by atoms with Crippen LogP contribution in [-0.4, -0.2) is 46.7 Å². The standard InChI is InChI=1S/C17H27N3O2/c1-6-14-15(12(5)21)11(4)18-16(14)17(22)19-13-7-8-20(9-13)10(2)3/h10,13,18H,6-9H2,1-5H3,(H,19,22). The predicted molar refractivity (Wildman–Crippen MR) is 87.5 cm³/mol. The molecule has 1 unspecified atom stereocenters. The maximum atomic E-state index is 12.6. The Balaban J connectivity index is 2.14. The molecule has 1 aromatic rings. The van der Waals surface area contributed by atoms with Crippen LogP contribution in [0, 0.1) is 6.92 Å². The molecule has 1 atom stereocenters. The summed E-state index contributed by atoms with van der Waals surface area (Å²) in [6, 6.07) is 0.689. The van der Waals surface area contributed by atoms with Crippen LogP contribution in [0.15, 0.2) is 0 Å². The van der Waals surface area contributed by atoms with Gasteiger partial charge in [0.15, 0.2) is 5.78 Å². The number of aromatic nitrogens is 1. The second kappa shape index (κ2) is 6.65. The number of Topliss-reactive ketones (excluding diaryl/α,β-unsaturated/α-hetero) is 1. The average Bonchev–Trinajstić information content (AvgIpc) is 3.02. The lowest BCUT2D eigenvalue weighted by atomic mass is 10.0. The number of rotatable bonds is 5. The number of amides is 1. The number of hydrogen-bond acceptors (Lipinski definition) is 3. The van der Waals surface area contributed by atoms with E-state index in [0.29, 0.717) is 23.7 Å². The first-order chi connectivity index (χ1) is 10.3. The molecule has 1 aliphatic rings. The Morgan fingerprint density at radius 3 is 2.59 bits per heavy atom. The number of aromatic amines is 1. The first-order valence-corrected chi connectivity index (χ1v) is 8.12. The molecule has 1 saturated heterocycles. The van der Waals surface area contributed by atoms with Crippen molar-refractivity contribution in [2.45, 2.75) is 59.5 Å². The zero-order valence-electron chi connectivity index (χ0n) is 14.2. The van der Waals surface area contributed by atoms with Crippen molar-refractivity contribution in [1.82, 2.24) is 15.2 Å². The summed E-state index contributed by atoms with van der Waals surface area (Å²) < 4.78 is 0. The zero-order valence-corrected chi connectivity index (χ0v) is 14.2. The van der Waals surface area contributed by atoms with Crippen LogP contribution in [0.3, 0.4) is 0 Å². The van der Waals surface area contributed by atoms with E-state index in [0.717, 1.165) is 30.8 Å². The first kappa shape index (κ1) is 16.7. The smallest absolute Gasteiger partial charge is 0.268 e. The van der Waals surface area contributed by atoms with Gasteiger partial charge < -0.3 is 10.3 Å². The van der Waals surface area contributed by atoms with E-state index in [1.54, 1.807) is 6.92 Å². The number of H-pyrrole nitrogens is 1. The Bertz CT molecular complexity index is 575. The van der Waals surface area contributed by atoms with Crippen molar-refractivity contribution < 1.29 is 9.59 Å². The normalized spacial score (nSPS) is 18.9. The van der Waals surface area contributed by atoms with E-state index in [1.165, 1.54) is 0 Å². The number of hydrogen-bond donors (Lipinski definition) is 2. The van der Waals surface area contributed by atoms with Crippen molar-refractivity contribution >= 4 is 11.7 Å². The molecule has 22 heavy (non-hydrogen) atoms. The lowest BCUT2D eigenvalue weighted by molar-refractivity contribution is 0.0931. The van der Waals surface area contributed by atoms with E-state index in [2.05, 4.69) is 29.0 Å². The quantitative estimate of drug-likeness (QED) is 0.820. The molecule has 2 rings (SSSR count). The summed E-state index contributed by atoms with van der Waals surface area (Å²) in [5.41, 5.74) is 2.84. The number of likely N-dealkylation sites (tertiary alicyclic amines) is 1. The van der Waals surface area contributed by atoms with Crippen LogP contribution in [0.1, 0.15) is 66.2 Å². The fourth-order valence-electron chi connectivity index (χ4n) is 3.33. The second-order valence-electron chi connectivity index (χ2n) is 6.44. The Morgan fingerprint density at radius 2 is 2.09 bits per heavy atom. The molecule has 0 saturated carbocycles. The van der Waals surface area contributed by atoms with Crippen LogP contribution < -0.4 is 5.32 Å². The van der Waals surface area contributed by atoms with Crippen molar-refractivity contribution in [2.24, 2.45) is 0 Å². The summed E-state index contributed by atoms with van der Waals surface area (Å²) in [7, 11) is 0. The molecule has 0 radical (unpaired) electrons. The Labute approximate surface area is 132 Å². The molecule has 122 valence electrons. The highest BCUT2D eigenvalue weighted by atomic mass is 16.2. The van der Waals surface area contributed by atoms with Gasteiger partial charge in [-0.25, -0.2) is 0 Å². The molecule has 2 N–H and O–H groups in total. The SMILES string of the molecule is CCc1c(C(=O)NC2CCN(C(C)C)C2)[nH]c(C)c1C(C)=O. The summed E-state index contributed by atoms with van der Waals surface area (Å²) in [4.78, 5) is 29.8. The predicted octanol–water partition coefficient (Wildman–Crippen LogP) is 2.30. The van der Waals surface area contributed by atoms with Gasteiger partial charge in [-0.05, 0) is 46.1 Å². The zero-order chi connectivity index (χ0) is 16.4. The van der Waals surface area contributed by atoms with Crippen molar-refractivity contribution in [3.05, 3.63) is 22.5 Å². The topological polar surface area (TPSA) is 65.2 Å². The molecule has 0 bridgehead atoms. The molecular weight excluding hydrogens is 278 g/mol. The molecule has 1 amide bonds. The van der Waals surface area contributed by atoms with Crippen molar-refractivity contribution in [2.75, 3.05) is 13.1 Å². The number of ketones is 1. The van der Waals surface area contributed by atoms with Gasteiger partial charge in [0.25, 0.3) is 5.91 Å². The third kappa shape index (κ3) is 3.24. The van der Waals surface area contributed by atoms with Gasteiger partial charge in [-0.2, -0.15) is 0 Å². The van der Waals surface area contributed by atoms with Crippen LogP contribution >= 0.6 is 0 Å². The molecule has 5 heteroatoms. The molecule has 1 fully saturated rings. The molecule has 0 aliphatic carbocycles. The Hall–Kier alpha value is -1.62. The van der Waals surface area contributed by atoms with E-state index in [1.807, 2.05) is 13.8 Å². The minimum absolute atomic E-state index is 0.0106. The van der Waals surface area contributed by atoms with Gasteiger partial charge in [0.05, 0.1) is 0 Å². The lowest BCUT2D eigenvalue weighted by Crippen LogP contribution is -2.39. The number of nitrogens with zero attached hydrogens (tertiary/aromatic N) is 1. The summed E-state index contributed by atoms with van der Waals surface area (Å²) in [6.45, 7) is 11.6. The van der Waals surface area contributed by atoms with Gasteiger partial charge in [0.1, 0.15) is 5.69 Å². The van der Waals surface area contributed by atoms with Gasteiger partial charge in [0.2, 0.25) is 0 Å². The molecule has 0 spiro atoms. The second-order valence-corrected chi connectivity index (χ2v) is 6.44. The third-order valence-corrected chi connectivity index (χ3v) is 4.51. The van der Waals surface area contributed by atoms with Crippen molar-refractivity contribution in [3.63, 3.8) is 0 Å².